The molecule has 0 rings (SSSR count). The van der Waals surface area contributed by atoms with Gasteiger partial charge >= 0.3 is 9.28 Å². The molecule has 0 aromatic carbocycles. The van der Waals surface area contributed by atoms with E-state index < -0.39 is 9.28 Å². The molecule has 3 nitrogen and oxygen atoms in total. The lowest BCUT2D eigenvalue weighted by atomic mass is 10.4. The van der Waals surface area contributed by atoms with Crippen LogP contribution in [0.2, 0.25) is 6.04 Å². The molecule has 0 amide bonds. The molecule has 0 aliphatic carbocycles. The molecule has 0 spiro atoms. The van der Waals surface area contributed by atoms with Crippen LogP contribution < -0.4 is 0 Å². The molecule has 13 heavy (non-hydrogen) atoms. The highest BCUT2D eigenvalue weighted by atomic mass is 28.3. The van der Waals surface area contributed by atoms with Crippen molar-refractivity contribution in [1.29, 1.82) is 0 Å². The van der Waals surface area contributed by atoms with Crippen LogP contribution in [-0.2, 0) is 13.6 Å². The van der Waals surface area contributed by atoms with Gasteiger partial charge in [-0.15, -0.1) is 0 Å². The summed E-state index contributed by atoms with van der Waals surface area (Å²) in [5.41, 5.74) is 0. The van der Waals surface area contributed by atoms with Gasteiger partial charge in [0.1, 0.15) is 0 Å². The van der Waals surface area contributed by atoms with E-state index in [1.165, 1.54) is 6.92 Å². The van der Waals surface area contributed by atoms with E-state index >= 15 is 0 Å². The minimum absolute atomic E-state index is 0.221. The second-order valence-electron chi connectivity index (χ2n) is 2.92. The van der Waals surface area contributed by atoms with Gasteiger partial charge in [0.2, 0.25) is 0 Å². The van der Waals surface area contributed by atoms with Gasteiger partial charge in [-0.25, -0.2) is 0 Å². The van der Waals surface area contributed by atoms with E-state index in [1.807, 2.05) is 6.92 Å². The van der Waals surface area contributed by atoms with Crippen molar-refractivity contribution in [2.75, 3.05) is 6.61 Å². The van der Waals surface area contributed by atoms with Crippen LogP contribution in [0.15, 0.2) is 0 Å². The molecule has 4 heteroatoms. The molecule has 0 aromatic heterocycles. The molecular formula is C9H19O3Si. The Morgan fingerprint density at radius 1 is 1.31 bits per heavy atom. The highest BCUT2D eigenvalue weighted by molar-refractivity contribution is 6.46. The minimum atomic E-state index is -1.32. The Balaban J connectivity index is 3.66. The van der Waals surface area contributed by atoms with E-state index in [9.17, 15) is 4.79 Å². The maximum absolute atomic E-state index is 10.7. The van der Waals surface area contributed by atoms with Gasteiger partial charge in [0, 0.05) is 19.6 Å². The van der Waals surface area contributed by atoms with E-state index in [1.54, 1.807) is 0 Å². The molecule has 0 saturated carbocycles. The van der Waals surface area contributed by atoms with Gasteiger partial charge in [0.05, 0.1) is 0 Å². The zero-order chi connectivity index (χ0) is 10.1. The Labute approximate surface area is 82.3 Å². The zero-order valence-corrected chi connectivity index (χ0v) is 9.76. The van der Waals surface area contributed by atoms with Crippen LogP contribution in [-0.4, -0.2) is 21.9 Å². The number of hydrogen-bond acceptors (Lipinski definition) is 3. The summed E-state index contributed by atoms with van der Waals surface area (Å²) < 4.78 is 10.6. The smallest absolute Gasteiger partial charge is 0.459 e. The quantitative estimate of drug-likeness (QED) is 0.595. The molecule has 0 aliphatic heterocycles. The lowest BCUT2D eigenvalue weighted by Gasteiger charge is -2.12. The summed E-state index contributed by atoms with van der Waals surface area (Å²) in [6, 6.07) is 0.904. The highest BCUT2D eigenvalue weighted by Gasteiger charge is 2.17. The summed E-state index contributed by atoms with van der Waals surface area (Å²) in [7, 11) is -1.32. The third-order valence-corrected chi connectivity index (χ3v) is 3.26. The van der Waals surface area contributed by atoms with Gasteiger partial charge in [-0.05, 0) is 6.42 Å². The number of unbranched alkanes of at least 4 members (excludes halogenated alkanes) is 1. The predicted molar refractivity (Wildman–Crippen MR) is 53.5 cm³/mol. The third-order valence-electron chi connectivity index (χ3n) is 1.46. The van der Waals surface area contributed by atoms with E-state index in [4.69, 9.17) is 8.85 Å². The van der Waals surface area contributed by atoms with Crippen LogP contribution in [0.4, 0.5) is 0 Å². The second-order valence-corrected chi connectivity index (χ2v) is 4.65. The SMILES string of the molecule is CCCC[Si](OCCC)OC(C)=O. The molecule has 0 fully saturated rings. The number of hydrogen-bond donors (Lipinski definition) is 0. The number of carbonyl (C=O) groups is 1. The fraction of sp³-hybridized carbons (Fsp3) is 0.889. The third kappa shape index (κ3) is 7.99. The molecule has 0 unspecified atom stereocenters. The molecule has 0 aliphatic rings. The lowest BCUT2D eigenvalue weighted by molar-refractivity contribution is -0.133. The van der Waals surface area contributed by atoms with Gasteiger partial charge in [0.25, 0.3) is 5.97 Å². The van der Waals surface area contributed by atoms with E-state index in [0.717, 1.165) is 25.3 Å². The molecule has 0 bridgehead atoms. The zero-order valence-electron chi connectivity index (χ0n) is 8.76. The monoisotopic (exact) mass is 203 g/mol. The maximum atomic E-state index is 10.7. The van der Waals surface area contributed by atoms with Gasteiger partial charge in [-0.1, -0.05) is 26.7 Å². The van der Waals surface area contributed by atoms with Crippen LogP contribution in [0.3, 0.4) is 0 Å². The van der Waals surface area contributed by atoms with Gasteiger partial charge in [-0.3, -0.25) is 4.79 Å². The first-order chi connectivity index (χ1) is 6.20. The summed E-state index contributed by atoms with van der Waals surface area (Å²) in [5, 5.41) is 0. The summed E-state index contributed by atoms with van der Waals surface area (Å²) in [6.07, 6.45) is 3.16. The van der Waals surface area contributed by atoms with Crippen molar-refractivity contribution in [2.24, 2.45) is 0 Å². The van der Waals surface area contributed by atoms with Crippen LogP contribution in [0.1, 0.15) is 40.0 Å². The van der Waals surface area contributed by atoms with Crippen LogP contribution in [0, 0.1) is 0 Å². The number of rotatable bonds is 7. The predicted octanol–water partition coefficient (Wildman–Crippen LogP) is 2.26. The summed E-state index contributed by atoms with van der Waals surface area (Å²) in [5.74, 6) is -0.221. The standard InChI is InChI=1S/C9H19O3Si/c1-4-6-8-13(11-7-5-2)12-9(3)10/h4-8H2,1-3H3. The molecule has 0 saturated heterocycles. The van der Waals surface area contributed by atoms with E-state index in [-0.39, 0.29) is 5.97 Å². The average Bonchev–Trinajstić information content (AvgIpc) is 2.09. The molecule has 77 valence electrons. The Morgan fingerprint density at radius 3 is 2.46 bits per heavy atom. The van der Waals surface area contributed by atoms with Crippen molar-refractivity contribution in [3.63, 3.8) is 0 Å². The van der Waals surface area contributed by atoms with Crippen LogP contribution in [0.5, 0.6) is 0 Å². The Bertz CT molecular complexity index is 131. The van der Waals surface area contributed by atoms with Crippen molar-refractivity contribution < 1.29 is 13.6 Å². The summed E-state index contributed by atoms with van der Waals surface area (Å²) in [6.45, 7) is 6.30. The summed E-state index contributed by atoms with van der Waals surface area (Å²) >= 11 is 0. The molecule has 1 radical (unpaired) electrons. The van der Waals surface area contributed by atoms with Crippen molar-refractivity contribution in [3.05, 3.63) is 0 Å². The van der Waals surface area contributed by atoms with Crippen molar-refractivity contribution in [2.45, 2.75) is 46.1 Å². The van der Waals surface area contributed by atoms with Crippen molar-refractivity contribution >= 4 is 15.3 Å². The Hall–Kier alpha value is -0.353. The Morgan fingerprint density at radius 2 is 2.00 bits per heavy atom. The summed E-state index contributed by atoms with van der Waals surface area (Å²) in [4.78, 5) is 10.7. The second kappa shape index (κ2) is 8.25. The van der Waals surface area contributed by atoms with Crippen molar-refractivity contribution in [3.8, 4) is 0 Å². The first kappa shape index (κ1) is 12.6. The lowest BCUT2D eigenvalue weighted by Crippen LogP contribution is -2.25. The van der Waals surface area contributed by atoms with E-state index in [0.29, 0.717) is 6.61 Å². The first-order valence-corrected chi connectivity index (χ1v) is 6.40. The largest absolute Gasteiger partial charge is 0.492 e. The van der Waals surface area contributed by atoms with Gasteiger partial charge in [0.15, 0.2) is 0 Å². The van der Waals surface area contributed by atoms with Gasteiger partial charge < -0.3 is 8.85 Å². The average molecular weight is 203 g/mol. The topological polar surface area (TPSA) is 35.5 Å². The molecule has 0 heterocycles. The van der Waals surface area contributed by atoms with Crippen molar-refractivity contribution in [1.82, 2.24) is 0 Å². The number of carbonyl (C=O) groups excluding carboxylic acids is 1. The van der Waals surface area contributed by atoms with Crippen LogP contribution in [0.25, 0.3) is 0 Å². The van der Waals surface area contributed by atoms with E-state index in [2.05, 4.69) is 6.92 Å². The minimum Gasteiger partial charge on any atom is -0.492 e. The normalized spacial score (nSPS) is 10.5. The van der Waals surface area contributed by atoms with Crippen LogP contribution >= 0.6 is 0 Å². The fourth-order valence-electron chi connectivity index (χ4n) is 0.850. The fourth-order valence-corrected chi connectivity index (χ4v) is 2.55. The molecule has 0 aromatic rings. The molecule has 0 atom stereocenters. The van der Waals surface area contributed by atoms with Gasteiger partial charge in [-0.2, -0.15) is 0 Å². The first-order valence-electron chi connectivity index (χ1n) is 4.87. The highest BCUT2D eigenvalue weighted by Crippen LogP contribution is 2.04. The molecule has 0 N–H and O–H groups in total. The maximum Gasteiger partial charge on any atom is 0.459 e. The molecular weight excluding hydrogens is 184 g/mol. The Kier molecular flexibility index (Phi) is 8.03.